The fourth-order valence-electron chi connectivity index (χ4n) is 1.27. The number of hydrogen-bond donors (Lipinski definition) is 0. The summed E-state index contributed by atoms with van der Waals surface area (Å²) < 4.78 is 0. The second kappa shape index (κ2) is 10.1. The predicted octanol–water partition coefficient (Wildman–Crippen LogP) is 4.92. The van der Waals surface area contributed by atoms with Gasteiger partial charge in [-0.2, -0.15) is 0 Å². The van der Waals surface area contributed by atoms with Gasteiger partial charge >= 0.3 is 0 Å². The lowest BCUT2D eigenvalue weighted by Crippen LogP contribution is -1.92. The van der Waals surface area contributed by atoms with Gasteiger partial charge in [-0.15, -0.1) is 11.6 Å². The Kier molecular flexibility index (Phi) is 10.1. The Hall–Kier alpha value is 0.0300. The van der Waals surface area contributed by atoms with E-state index in [0.717, 1.165) is 12.8 Å². The van der Waals surface area contributed by atoms with E-state index in [2.05, 4.69) is 26.0 Å². The summed E-state index contributed by atoms with van der Waals surface area (Å²) in [6.07, 6.45) is 13.1. The Bertz CT molecular complexity index is 118. The second-order valence-electron chi connectivity index (χ2n) is 3.58. The van der Waals surface area contributed by atoms with Crippen LogP contribution in [0.3, 0.4) is 0 Å². The monoisotopic (exact) mass is 202 g/mol. The van der Waals surface area contributed by atoms with Gasteiger partial charge < -0.3 is 0 Å². The van der Waals surface area contributed by atoms with Crippen molar-refractivity contribution >= 4 is 11.6 Å². The zero-order valence-corrected chi connectivity index (χ0v) is 9.82. The number of halogens is 1. The van der Waals surface area contributed by atoms with Crippen LogP contribution in [-0.4, -0.2) is 5.38 Å². The summed E-state index contributed by atoms with van der Waals surface area (Å²) in [5.74, 6) is 0. The lowest BCUT2D eigenvalue weighted by molar-refractivity contribution is 0.639. The summed E-state index contributed by atoms with van der Waals surface area (Å²) in [6.45, 7) is 4.42. The van der Waals surface area contributed by atoms with E-state index >= 15 is 0 Å². The number of unbranched alkanes of at least 4 members (excludes halogenated alkanes) is 4. The molecule has 0 radical (unpaired) electrons. The normalized spacial score (nSPS) is 13.8. The van der Waals surface area contributed by atoms with Gasteiger partial charge in [0.25, 0.3) is 0 Å². The van der Waals surface area contributed by atoms with Gasteiger partial charge in [0, 0.05) is 0 Å². The lowest BCUT2D eigenvalue weighted by atomic mass is 10.1. The molecule has 0 heterocycles. The highest BCUT2D eigenvalue weighted by atomic mass is 35.5. The molecule has 0 amide bonds. The number of alkyl halides is 1. The van der Waals surface area contributed by atoms with Crippen molar-refractivity contribution < 1.29 is 0 Å². The molecule has 0 aliphatic carbocycles. The van der Waals surface area contributed by atoms with Crippen molar-refractivity contribution in [2.75, 3.05) is 0 Å². The molecule has 1 unspecified atom stereocenters. The van der Waals surface area contributed by atoms with Gasteiger partial charge in [-0.3, -0.25) is 0 Å². The Labute approximate surface area is 88.4 Å². The summed E-state index contributed by atoms with van der Waals surface area (Å²) in [4.78, 5) is 0. The van der Waals surface area contributed by atoms with Crippen LogP contribution in [0.4, 0.5) is 0 Å². The average molecular weight is 203 g/mol. The molecule has 78 valence electrons. The first-order valence-electron chi connectivity index (χ1n) is 5.62. The van der Waals surface area contributed by atoms with Crippen molar-refractivity contribution in [2.45, 2.75) is 64.2 Å². The SMILES string of the molecule is CCCC=CC(Cl)CCCCCC. The van der Waals surface area contributed by atoms with Crippen molar-refractivity contribution in [3.05, 3.63) is 12.2 Å². The molecule has 0 spiro atoms. The van der Waals surface area contributed by atoms with Crippen LogP contribution in [0.15, 0.2) is 12.2 Å². The molecule has 0 nitrogen and oxygen atoms in total. The van der Waals surface area contributed by atoms with Gasteiger partial charge in [0.15, 0.2) is 0 Å². The molecule has 0 fully saturated rings. The molecule has 0 aliphatic heterocycles. The molecular formula is C12H23Cl. The van der Waals surface area contributed by atoms with Crippen LogP contribution in [0.5, 0.6) is 0 Å². The Balaban J connectivity index is 3.24. The fraction of sp³-hybridized carbons (Fsp3) is 0.833. The Morgan fingerprint density at radius 2 is 1.85 bits per heavy atom. The molecule has 1 heteroatoms. The molecule has 0 aromatic rings. The molecular weight excluding hydrogens is 180 g/mol. The van der Waals surface area contributed by atoms with E-state index < -0.39 is 0 Å². The number of allylic oxidation sites excluding steroid dienone is 2. The maximum atomic E-state index is 6.11. The van der Waals surface area contributed by atoms with Gasteiger partial charge in [-0.05, 0) is 12.8 Å². The highest BCUT2D eigenvalue weighted by molar-refractivity contribution is 6.21. The highest BCUT2D eigenvalue weighted by Gasteiger charge is 1.97. The zero-order valence-electron chi connectivity index (χ0n) is 9.06. The van der Waals surface area contributed by atoms with Crippen LogP contribution in [0.2, 0.25) is 0 Å². The molecule has 0 N–H and O–H groups in total. The van der Waals surface area contributed by atoms with Crippen molar-refractivity contribution in [2.24, 2.45) is 0 Å². The van der Waals surface area contributed by atoms with Crippen LogP contribution in [0.1, 0.15) is 58.8 Å². The number of hydrogen-bond acceptors (Lipinski definition) is 0. The molecule has 0 aromatic heterocycles. The van der Waals surface area contributed by atoms with Crippen LogP contribution in [0, 0.1) is 0 Å². The molecule has 0 saturated carbocycles. The minimum absolute atomic E-state index is 0.267. The van der Waals surface area contributed by atoms with E-state index in [9.17, 15) is 0 Å². The smallest absolute Gasteiger partial charge is 0.0516 e. The molecule has 13 heavy (non-hydrogen) atoms. The molecule has 0 saturated heterocycles. The maximum Gasteiger partial charge on any atom is 0.0516 e. The largest absolute Gasteiger partial charge is 0.118 e. The van der Waals surface area contributed by atoms with Crippen LogP contribution < -0.4 is 0 Å². The summed E-state index contributed by atoms with van der Waals surface area (Å²) in [5, 5.41) is 0.267. The van der Waals surface area contributed by atoms with Crippen molar-refractivity contribution in [3.8, 4) is 0 Å². The molecule has 0 aliphatic rings. The van der Waals surface area contributed by atoms with Crippen molar-refractivity contribution in [1.29, 1.82) is 0 Å². The van der Waals surface area contributed by atoms with Gasteiger partial charge in [-0.25, -0.2) is 0 Å². The molecule has 0 rings (SSSR count). The van der Waals surface area contributed by atoms with Crippen molar-refractivity contribution in [3.63, 3.8) is 0 Å². The summed E-state index contributed by atoms with van der Waals surface area (Å²) in [5.41, 5.74) is 0. The topological polar surface area (TPSA) is 0 Å². The summed E-state index contributed by atoms with van der Waals surface area (Å²) in [7, 11) is 0. The van der Waals surface area contributed by atoms with E-state index in [4.69, 9.17) is 11.6 Å². The van der Waals surface area contributed by atoms with E-state index in [1.54, 1.807) is 0 Å². The Morgan fingerprint density at radius 1 is 1.08 bits per heavy atom. The molecule has 1 atom stereocenters. The van der Waals surface area contributed by atoms with Gasteiger partial charge in [0.2, 0.25) is 0 Å². The first kappa shape index (κ1) is 13.0. The average Bonchev–Trinajstić information content (AvgIpc) is 2.13. The molecule has 0 bridgehead atoms. The van der Waals surface area contributed by atoms with Gasteiger partial charge in [-0.1, -0.05) is 58.1 Å². The number of rotatable bonds is 8. The van der Waals surface area contributed by atoms with E-state index in [1.807, 2.05) is 0 Å². The maximum absolute atomic E-state index is 6.11. The van der Waals surface area contributed by atoms with Gasteiger partial charge in [0.05, 0.1) is 5.38 Å². The van der Waals surface area contributed by atoms with E-state index in [0.29, 0.717) is 0 Å². The van der Waals surface area contributed by atoms with Crippen LogP contribution in [-0.2, 0) is 0 Å². The summed E-state index contributed by atoms with van der Waals surface area (Å²) in [6, 6.07) is 0. The fourth-order valence-corrected chi connectivity index (χ4v) is 1.53. The lowest BCUT2D eigenvalue weighted by Gasteiger charge is -2.02. The first-order chi connectivity index (χ1) is 6.31. The van der Waals surface area contributed by atoms with Crippen molar-refractivity contribution in [1.82, 2.24) is 0 Å². The third kappa shape index (κ3) is 9.95. The van der Waals surface area contributed by atoms with Gasteiger partial charge in [0.1, 0.15) is 0 Å². The van der Waals surface area contributed by atoms with Crippen LogP contribution >= 0.6 is 11.6 Å². The Morgan fingerprint density at radius 3 is 2.46 bits per heavy atom. The standard InChI is InChI=1S/C12H23Cl/c1-3-5-7-9-11-12(13)10-8-6-4-2/h8,10,12H,3-7,9,11H2,1-2H3. The van der Waals surface area contributed by atoms with E-state index in [1.165, 1.54) is 32.1 Å². The third-order valence-electron chi connectivity index (χ3n) is 2.13. The quantitative estimate of drug-likeness (QED) is 0.298. The molecule has 0 aromatic carbocycles. The third-order valence-corrected chi connectivity index (χ3v) is 2.50. The second-order valence-corrected chi connectivity index (χ2v) is 4.14. The first-order valence-corrected chi connectivity index (χ1v) is 6.05. The van der Waals surface area contributed by atoms with E-state index in [-0.39, 0.29) is 5.38 Å². The highest BCUT2D eigenvalue weighted by Crippen LogP contribution is 2.11. The minimum Gasteiger partial charge on any atom is -0.118 e. The predicted molar refractivity (Wildman–Crippen MR) is 62.4 cm³/mol. The van der Waals surface area contributed by atoms with Crippen LogP contribution in [0.25, 0.3) is 0 Å². The zero-order chi connectivity index (χ0) is 9.94. The minimum atomic E-state index is 0.267. The summed E-state index contributed by atoms with van der Waals surface area (Å²) >= 11 is 6.11.